The van der Waals surface area contributed by atoms with Crippen molar-refractivity contribution in [3.63, 3.8) is 0 Å². The summed E-state index contributed by atoms with van der Waals surface area (Å²) in [6, 6.07) is 9.19. The number of rotatable bonds is 6. The molecule has 0 saturated heterocycles. The molecule has 43 heavy (non-hydrogen) atoms. The molecule has 2 saturated carbocycles. The van der Waals surface area contributed by atoms with E-state index in [1.807, 2.05) is 18.2 Å². The number of pyridine rings is 2. The van der Waals surface area contributed by atoms with Crippen LogP contribution >= 0.6 is 23.5 Å². The third kappa shape index (κ3) is 6.63. The van der Waals surface area contributed by atoms with Crippen LogP contribution in [0.4, 0.5) is 13.2 Å². The maximum atomic E-state index is 15.5. The van der Waals surface area contributed by atoms with Crippen LogP contribution < -0.4 is 0 Å². The molecule has 0 amide bonds. The van der Waals surface area contributed by atoms with Crippen molar-refractivity contribution in [3.05, 3.63) is 94.8 Å². The SMILES string of the molecule is [C-]#[N+]C1=C(C2CCCCC2)C(=C(c2[nH]c(Sc3ccncc3)cc2C2CCCCC2)C(F)(F)F)N=C1Sc1ccncc1. The first-order valence-electron chi connectivity index (χ1n) is 14.8. The Kier molecular flexibility index (Phi) is 9.10. The summed E-state index contributed by atoms with van der Waals surface area (Å²) in [7, 11) is 0. The molecule has 1 aliphatic heterocycles. The van der Waals surface area contributed by atoms with Crippen LogP contribution in [0.25, 0.3) is 10.4 Å². The first-order chi connectivity index (χ1) is 20.9. The summed E-state index contributed by atoms with van der Waals surface area (Å²) >= 11 is 2.64. The van der Waals surface area contributed by atoms with Gasteiger partial charge in [0.2, 0.25) is 5.70 Å². The van der Waals surface area contributed by atoms with E-state index in [4.69, 9.17) is 11.6 Å². The van der Waals surface area contributed by atoms with Gasteiger partial charge in [-0.25, -0.2) is 4.85 Å². The summed E-state index contributed by atoms with van der Waals surface area (Å²) < 4.78 is 46.5. The molecule has 0 aromatic carbocycles. The molecule has 5 nitrogen and oxygen atoms in total. The molecule has 3 aromatic heterocycles. The Labute approximate surface area is 258 Å². The normalized spacial score (nSPS) is 19.8. The van der Waals surface area contributed by atoms with Gasteiger partial charge >= 0.3 is 6.18 Å². The van der Waals surface area contributed by atoms with E-state index >= 15 is 13.2 Å². The molecule has 3 aromatic rings. The fraction of sp³-hybridized carbons (Fsp3) is 0.394. The molecule has 0 radical (unpaired) electrons. The van der Waals surface area contributed by atoms with Crippen molar-refractivity contribution in [3.8, 4) is 0 Å². The van der Waals surface area contributed by atoms with Gasteiger partial charge in [0, 0.05) is 34.6 Å². The van der Waals surface area contributed by atoms with Crippen LogP contribution in [-0.4, -0.2) is 26.2 Å². The highest BCUT2D eigenvalue weighted by molar-refractivity contribution is 8.14. The van der Waals surface area contributed by atoms with E-state index in [2.05, 4.69) is 19.8 Å². The molecule has 222 valence electrons. The van der Waals surface area contributed by atoms with Gasteiger partial charge in [0.25, 0.3) is 0 Å². The summed E-state index contributed by atoms with van der Waals surface area (Å²) in [5.74, 6) is -0.105. The lowest BCUT2D eigenvalue weighted by Gasteiger charge is -2.27. The number of aromatic amines is 1. The quantitative estimate of drug-likeness (QED) is 0.279. The minimum absolute atomic E-state index is 0.0308. The lowest BCUT2D eigenvalue weighted by Crippen LogP contribution is -2.19. The second-order valence-corrected chi connectivity index (χ2v) is 13.4. The van der Waals surface area contributed by atoms with Crippen molar-refractivity contribution in [2.24, 2.45) is 10.9 Å². The Bertz CT molecular complexity index is 1570. The number of aliphatic imine (C=N–C) groups is 1. The van der Waals surface area contributed by atoms with Crippen LogP contribution in [0.1, 0.15) is 81.4 Å². The maximum Gasteiger partial charge on any atom is 0.420 e. The first-order valence-corrected chi connectivity index (χ1v) is 16.5. The molecule has 4 heterocycles. The predicted octanol–water partition coefficient (Wildman–Crippen LogP) is 10.2. The molecular weight excluding hydrogens is 588 g/mol. The third-order valence-electron chi connectivity index (χ3n) is 8.43. The van der Waals surface area contributed by atoms with Gasteiger partial charge in [-0.2, -0.15) is 13.2 Å². The van der Waals surface area contributed by atoms with Crippen molar-refractivity contribution in [2.75, 3.05) is 0 Å². The van der Waals surface area contributed by atoms with Crippen LogP contribution in [0.2, 0.25) is 0 Å². The van der Waals surface area contributed by atoms with Crippen LogP contribution in [0.3, 0.4) is 0 Å². The lowest BCUT2D eigenvalue weighted by atomic mass is 9.80. The fourth-order valence-corrected chi connectivity index (χ4v) is 8.20. The zero-order valence-corrected chi connectivity index (χ0v) is 25.3. The van der Waals surface area contributed by atoms with Crippen LogP contribution in [0.5, 0.6) is 0 Å². The summed E-state index contributed by atoms with van der Waals surface area (Å²) in [6.07, 6.45) is 11.2. The van der Waals surface area contributed by atoms with E-state index in [0.29, 0.717) is 21.2 Å². The van der Waals surface area contributed by atoms with Gasteiger partial charge in [-0.3, -0.25) is 15.0 Å². The molecule has 2 fully saturated rings. The summed E-state index contributed by atoms with van der Waals surface area (Å²) in [4.78, 5) is 21.6. The average Bonchev–Trinajstić information content (AvgIpc) is 3.59. The first kappa shape index (κ1) is 29.8. The zero-order chi connectivity index (χ0) is 29.8. The number of hydrogen-bond donors (Lipinski definition) is 1. The Hall–Kier alpha value is -3.29. The molecule has 2 aliphatic carbocycles. The smallest absolute Gasteiger partial charge is 0.349 e. The second-order valence-electron chi connectivity index (χ2n) is 11.2. The monoisotopic (exact) mass is 619 g/mol. The van der Waals surface area contributed by atoms with E-state index in [9.17, 15) is 0 Å². The highest BCUT2D eigenvalue weighted by Gasteiger charge is 2.45. The molecular formula is C33H32F3N5S2. The number of nitrogens with one attached hydrogen (secondary N) is 1. The Morgan fingerprint density at radius 3 is 1.93 bits per heavy atom. The van der Waals surface area contributed by atoms with Crippen molar-refractivity contribution in [2.45, 2.75) is 91.1 Å². The Balaban J connectivity index is 1.55. The van der Waals surface area contributed by atoms with Gasteiger partial charge in [0.1, 0.15) is 10.6 Å². The van der Waals surface area contributed by atoms with Crippen molar-refractivity contribution in [1.29, 1.82) is 0 Å². The fourth-order valence-electron chi connectivity index (χ4n) is 6.48. The van der Waals surface area contributed by atoms with Gasteiger partial charge in [-0.05, 0) is 79.0 Å². The van der Waals surface area contributed by atoms with E-state index in [-0.39, 0.29) is 28.9 Å². The van der Waals surface area contributed by atoms with Gasteiger partial charge in [-0.15, -0.1) is 0 Å². The largest absolute Gasteiger partial charge is 0.420 e. The number of H-pyrrole nitrogens is 1. The average molecular weight is 620 g/mol. The molecule has 0 spiro atoms. The number of hydrogen-bond acceptors (Lipinski definition) is 5. The molecule has 3 aliphatic rings. The van der Waals surface area contributed by atoms with Gasteiger partial charge in [-0.1, -0.05) is 62.0 Å². The molecule has 6 rings (SSSR count). The molecule has 0 bridgehead atoms. The number of alkyl halides is 3. The maximum absolute atomic E-state index is 15.5. The van der Waals surface area contributed by atoms with E-state index in [1.54, 1.807) is 36.9 Å². The van der Waals surface area contributed by atoms with Gasteiger partial charge in [0.05, 0.1) is 23.0 Å². The molecule has 1 N–H and O–H groups in total. The van der Waals surface area contributed by atoms with Crippen LogP contribution in [-0.2, 0) is 0 Å². The van der Waals surface area contributed by atoms with Crippen LogP contribution in [0.15, 0.2) is 91.9 Å². The molecule has 0 unspecified atom stereocenters. The predicted molar refractivity (Wildman–Crippen MR) is 166 cm³/mol. The lowest BCUT2D eigenvalue weighted by molar-refractivity contribution is -0.0697. The number of nitrogens with zero attached hydrogens (tertiary/aromatic N) is 4. The van der Waals surface area contributed by atoms with Crippen molar-refractivity contribution >= 4 is 34.1 Å². The highest BCUT2D eigenvalue weighted by Crippen LogP contribution is 2.51. The summed E-state index contributed by atoms with van der Waals surface area (Å²) in [6.45, 7) is 8.11. The van der Waals surface area contributed by atoms with Gasteiger partial charge in [0.15, 0.2) is 0 Å². The number of allylic oxidation sites excluding steroid dienone is 2. The summed E-state index contributed by atoms with van der Waals surface area (Å²) in [5.41, 5.74) is 0.688. The molecule has 0 atom stereocenters. The standard InChI is InChI=1S/C33H32F3N5S2/c1-37-31-27(22-10-6-3-7-11-22)30(41-32(31)43-24-14-18-39-19-15-24)28(33(34,35)36)29-25(21-8-4-2-5-9-21)20-26(40-29)42-23-12-16-38-17-13-23/h12-22,40H,2-11H2. The number of thioether (sulfide) groups is 1. The minimum Gasteiger partial charge on any atom is -0.349 e. The minimum atomic E-state index is -4.68. The summed E-state index contributed by atoms with van der Waals surface area (Å²) in [5, 5.41) is 0.988. The van der Waals surface area contributed by atoms with Gasteiger partial charge < -0.3 is 4.98 Å². The third-order valence-corrected chi connectivity index (χ3v) is 10.4. The van der Waals surface area contributed by atoms with Crippen LogP contribution in [0, 0.1) is 12.5 Å². The number of aromatic nitrogens is 3. The van der Waals surface area contributed by atoms with Crippen molar-refractivity contribution in [1.82, 2.24) is 15.0 Å². The zero-order valence-electron chi connectivity index (χ0n) is 23.7. The highest BCUT2D eigenvalue weighted by atomic mass is 32.2. The Morgan fingerprint density at radius 1 is 0.814 bits per heavy atom. The van der Waals surface area contributed by atoms with Crippen molar-refractivity contribution < 1.29 is 13.2 Å². The topological polar surface area (TPSA) is 58.3 Å². The molecule has 10 heteroatoms. The van der Waals surface area contributed by atoms with E-state index in [1.165, 1.54) is 23.5 Å². The van der Waals surface area contributed by atoms with E-state index in [0.717, 1.165) is 74.0 Å². The number of halogens is 3. The second kappa shape index (κ2) is 13.1. The van der Waals surface area contributed by atoms with E-state index < -0.39 is 11.7 Å². The Morgan fingerprint density at radius 2 is 1.37 bits per heavy atom.